The van der Waals surface area contributed by atoms with E-state index in [1.165, 1.54) is 12.1 Å². The molecular formula is C18H25FN4O2. The zero-order valence-electron chi connectivity index (χ0n) is 14.7. The molecule has 1 aliphatic heterocycles. The number of piperazine rings is 1. The van der Waals surface area contributed by atoms with Crippen molar-refractivity contribution in [1.29, 1.82) is 0 Å². The minimum Gasteiger partial charge on any atom is -0.419 e. The molecule has 1 N–H and O–H groups in total. The smallest absolute Gasteiger partial charge is 0.247 e. The Balaban J connectivity index is 1.61. The van der Waals surface area contributed by atoms with Crippen LogP contribution in [0.15, 0.2) is 28.7 Å². The van der Waals surface area contributed by atoms with Crippen molar-refractivity contribution in [2.75, 3.05) is 26.2 Å². The second-order valence-electron chi connectivity index (χ2n) is 6.65. The normalized spacial score (nSPS) is 20.7. The van der Waals surface area contributed by atoms with E-state index in [1.807, 2.05) is 6.92 Å². The summed E-state index contributed by atoms with van der Waals surface area (Å²) in [6.45, 7) is 8.04. The van der Waals surface area contributed by atoms with Gasteiger partial charge in [0.2, 0.25) is 11.8 Å². The van der Waals surface area contributed by atoms with Crippen molar-refractivity contribution in [3.8, 4) is 11.5 Å². The maximum atomic E-state index is 13.0. The van der Waals surface area contributed by atoms with E-state index in [0.29, 0.717) is 36.5 Å². The SMILES string of the molecule is CC[C@H]1CN(Cc2nnc(-c3ccc(F)cc3)o2)CCN1C[C@@H](C)O. The van der Waals surface area contributed by atoms with Crippen LogP contribution < -0.4 is 0 Å². The third-order valence-electron chi connectivity index (χ3n) is 4.58. The Kier molecular flexibility index (Phi) is 5.78. The quantitative estimate of drug-likeness (QED) is 0.863. The molecule has 1 aromatic heterocycles. The lowest BCUT2D eigenvalue weighted by molar-refractivity contribution is 0.0309. The molecule has 1 aliphatic rings. The molecule has 0 amide bonds. The molecule has 3 rings (SSSR count). The van der Waals surface area contributed by atoms with Crippen molar-refractivity contribution in [2.24, 2.45) is 0 Å². The molecule has 0 radical (unpaired) electrons. The molecule has 1 aromatic carbocycles. The monoisotopic (exact) mass is 348 g/mol. The molecule has 2 atom stereocenters. The molecule has 0 spiro atoms. The van der Waals surface area contributed by atoms with Crippen LogP contribution >= 0.6 is 0 Å². The maximum absolute atomic E-state index is 13.0. The fourth-order valence-electron chi connectivity index (χ4n) is 3.29. The Labute approximate surface area is 147 Å². The summed E-state index contributed by atoms with van der Waals surface area (Å²) in [5, 5.41) is 17.8. The number of aromatic nitrogens is 2. The number of rotatable bonds is 6. The van der Waals surface area contributed by atoms with E-state index >= 15 is 0 Å². The van der Waals surface area contributed by atoms with Gasteiger partial charge in [0, 0.05) is 37.8 Å². The van der Waals surface area contributed by atoms with Crippen LogP contribution in [0, 0.1) is 5.82 Å². The summed E-state index contributed by atoms with van der Waals surface area (Å²) in [6.07, 6.45) is 0.725. The van der Waals surface area contributed by atoms with Gasteiger partial charge in [-0.25, -0.2) is 4.39 Å². The lowest BCUT2D eigenvalue weighted by atomic mass is 10.1. The summed E-state index contributed by atoms with van der Waals surface area (Å²) in [4.78, 5) is 4.65. The summed E-state index contributed by atoms with van der Waals surface area (Å²) in [5.41, 5.74) is 0.716. The highest BCUT2D eigenvalue weighted by atomic mass is 19.1. The van der Waals surface area contributed by atoms with Crippen LogP contribution in [0.2, 0.25) is 0 Å². The zero-order chi connectivity index (χ0) is 17.8. The number of halogens is 1. The number of aliphatic hydroxyl groups is 1. The number of benzene rings is 1. The third kappa shape index (κ3) is 4.62. The molecule has 0 saturated carbocycles. The van der Waals surface area contributed by atoms with Crippen molar-refractivity contribution >= 4 is 0 Å². The van der Waals surface area contributed by atoms with Crippen LogP contribution in [-0.2, 0) is 6.54 Å². The molecule has 6 nitrogen and oxygen atoms in total. The molecule has 0 bridgehead atoms. The van der Waals surface area contributed by atoms with Gasteiger partial charge >= 0.3 is 0 Å². The van der Waals surface area contributed by atoms with Gasteiger partial charge in [0.15, 0.2) is 0 Å². The number of β-amino-alcohol motifs (C(OH)–C–C–N with tert-alkyl or cyclic N) is 1. The second kappa shape index (κ2) is 8.03. The van der Waals surface area contributed by atoms with Gasteiger partial charge in [0.25, 0.3) is 0 Å². The van der Waals surface area contributed by atoms with Gasteiger partial charge < -0.3 is 9.52 Å². The largest absolute Gasteiger partial charge is 0.419 e. The van der Waals surface area contributed by atoms with Gasteiger partial charge in [-0.3, -0.25) is 9.80 Å². The van der Waals surface area contributed by atoms with E-state index in [1.54, 1.807) is 12.1 Å². The number of nitrogens with zero attached hydrogens (tertiary/aromatic N) is 4. The van der Waals surface area contributed by atoms with Crippen LogP contribution in [-0.4, -0.2) is 63.4 Å². The summed E-state index contributed by atoms with van der Waals surface area (Å²) in [7, 11) is 0. The highest BCUT2D eigenvalue weighted by molar-refractivity contribution is 5.51. The Morgan fingerprint density at radius 1 is 1.28 bits per heavy atom. The summed E-state index contributed by atoms with van der Waals surface area (Å²) in [5.74, 6) is 0.692. The lowest BCUT2D eigenvalue weighted by Crippen LogP contribution is -2.54. The van der Waals surface area contributed by atoms with Gasteiger partial charge in [-0.15, -0.1) is 10.2 Å². The molecule has 7 heteroatoms. The number of aliphatic hydroxyl groups excluding tert-OH is 1. The first kappa shape index (κ1) is 18.0. The van der Waals surface area contributed by atoms with Gasteiger partial charge in [0.1, 0.15) is 5.82 Å². The van der Waals surface area contributed by atoms with E-state index in [0.717, 1.165) is 26.1 Å². The fraction of sp³-hybridized carbons (Fsp3) is 0.556. The number of hydrogen-bond acceptors (Lipinski definition) is 6. The molecule has 25 heavy (non-hydrogen) atoms. The predicted octanol–water partition coefficient (Wildman–Crippen LogP) is 2.15. The Morgan fingerprint density at radius 2 is 2.04 bits per heavy atom. The molecule has 2 heterocycles. The highest BCUT2D eigenvalue weighted by Gasteiger charge is 2.27. The van der Waals surface area contributed by atoms with Gasteiger partial charge in [-0.2, -0.15) is 0 Å². The van der Waals surface area contributed by atoms with Crippen LogP contribution in [0.4, 0.5) is 4.39 Å². The molecule has 0 aliphatic carbocycles. The van der Waals surface area contributed by atoms with E-state index < -0.39 is 0 Å². The minimum atomic E-state index is -0.310. The molecule has 0 unspecified atom stereocenters. The predicted molar refractivity (Wildman–Crippen MR) is 92.3 cm³/mol. The lowest BCUT2D eigenvalue weighted by Gasteiger charge is -2.41. The fourth-order valence-corrected chi connectivity index (χ4v) is 3.29. The Hall–Kier alpha value is -1.83. The van der Waals surface area contributed by atoms with Crippen LogP contribution in [0.25, 0.3) is 11.5 Å². The van der Waals surface area contributed by atoms with Crippen molar-refractivity contribution < 1.29 is 13.9 Å². The Bertz CT molecular complexity index is 674. The van der Waals surface area contributed by atoms with Crippen molar-refractivity contribution in [3.63, 3.8) is 0 Å². The van der Waals surface area contributed by atoms with Crippen molar-refractivity contribution in [3.05, 3.63) is 36.0 Å². The third-order valence-corrected chi connectivity index (χ3v) is 4.58. The number of hydrogen-bond donors (Lipinski definition) is 1. The molecule has 136 valence electrons. The van der Waals surface area contributed by atoms with Gasteiger partial charge in [-0.05, 0) is 37.6 Å². The van der Waals surface area contributed by atoms with Crippen molar-refractivity contribution in [1.82, 2.24) is 20.0 Å². The zero-order valence-corrected chi connectivity index (χ0v) is 14.7. The average Bonchev–Trinajstić information content (AvgIpc) is 3.05. The van der Waals surface area contributed by atoms with E-state index in [2.05, 4.69) is 26.9 Å². The van der Waals surface area contributed by atoms with Gasteiger partial charge in [0.05, 0.1) is 12.6 Å². The second-order valence-corrected chi connectivity index (χ2v) is 6.65. The van der Waals surface area contributed by atoms with E-state index in [4.69, 9.17) is 4.42 Å². The molecule has 2 aromatic rings. The summed E-state index contributed by atoms with van der Waals surface area (Å²) in [6, 6.07) is 6.45. The first-order chi connectivity index (χ1) is 12.0. The summed E-state index contributed by atoms with van der Waals surface area (Å²) < 4.78 is 18.7. The first-order valence-corrected chi connectivity index (χ1v) is 8.78. The summed E-state index contributed by atoms with van der Waals surface area (Å²) >= 11 is 0. The standard InChI is InChI=1S/C18H25FN4O2/c1-3-16-11-22(8-9-23(16)10-13(2)24)12-17-20-21-18(25-17)14-4-6-15(19)7-5-14/h4-7,13,16,24H,3,8-12H2,1-2H3/t13-,16+/m1/s1. The van der Waals surface area contributed by atoms with Crippen molar-refractivity contribution in [2.45, 2.75) is 39.0 Å². The van der Waals surface area contributed by atoms with Crippen LogP contribution in [0.5, 0.6) is 0 Å². The Morgan fingerprint density at radius 3 is 2.72 bits per heavy atom. The van der Waals surface area contributed by atoms with Crippen LogP contribution in [0.1, 0.15) is 26.2 Å². The van der Waals surface area contributed by atoms with Crippen LogP contribution in [0.3, 0.4) is 0 Å². The van der Waals surface area contributed by atoms with E-state index in [-0.39, 0.29) is 11.9 Å². The minimum absolute atomic E-state index is 0.288. The average molecular weight is 348 g/mol. The molecular weight excluding hydrogens is 323 g/mol. The highest BCUT2D eigenvalue weighted by Crippen LogP contribution is 2.20. The van der Waals surface area contributed by atoms with E-state index in [9.17, 15) is 9.50 Å². The molecule has 1 saturated heterocycles. The van der Waals surface area contributed by atoms with Gasteiger partial charge in [-0.1, -0.05) is 6.92 Å². The first-order valence-electron chi connectivity index (χ1n) is 8.78. The maximum Gasteiger partial charge on any atom is 0.247 e. The topological polar surface area (TPSA) is 65.6 Å². The molecule has 1 fully saturated rings.